The summed E-state index contributed by atoms with van der Waals surface area (Å²) in [5.74, 6) is -2.63. The average molecular weight is 519 g/mol. The van der Waals surface area contributed by atoms with Crippen LogP contribution in [-0.2, 0) is 14.3 Å². The Hall–Kier alpha value is -3.15. The van der Waals surface area contributed by atoms with Gasteiger partial charge >= 0.3 is 0 Å². The number of halogens is 2. The topological polar surface area (TPSA) is 116 Å². The number of primary amides is 1. The quantitative estimate of drug-likeness (QED) is 0.579. The van der Waals surface area contributed by atoms with E-state index in [1.54, 1.807) is 6.07 Å². The molecule has 0 spiro atoms. The molecule has 2 bridgehead atoms. The molecule has 5 heterocycles. The normalized spacial score (nSPS) is 24.7. The predicted octanol–water partition coefficient (Wildman–Crippen LogP) is 2.89. The SMILES string of the molecule is CC1CCC(C(=O)Nc2ccnc(C(N)=O)c2)O1.Fc1cccc(OCCN2CC3CCC2CO3)c1F. The van der Waals surface area contributed by atoms with Crippen LogP contribution in [0.25, 0.3) is 0 Å². The van der Waals surface area contributed by atoms with E-state index in [0.29, 0.717) is 30.9 Å². The monoisotopic (exact) mass is 518 g/mol. The Morgan fingerprint density at radius 2 is 2.05 bits per heavy atom. The van der Waals surface area contributed by atoms with Crippen LogP contribution in [0, 0.1) is 11.6 Å². The standard InChI is InChI=1S/C14H17F2NO2.C12H15N3O3/c15-12-2-1-3-13(14(12)16)18-7-6-17-8-11-5-4-10(17)9-19-11;1-7-2-3-10(18-7)12(17)15-8-4-5-14-9(6-8)11(13)16/h1-3,10-11H,4-9H2;4-7,10H,2-3H2,1H3,(H2,13,16)(H,14,15,17). The number of nitrogens with zero attached hydrogens (tertiary/aromatic N) is 2. The lowest BCUT2D eigenvalue weighted by atomic mass is 9.97. The second-order valence-electron chi connectivity index (χ2n) is 9.38. The van der Waals surface area contributed by atoms with Gasteiger partial charge in [0.25, 0.3) is 11.8 Å². The van der Waals surface area contributed by atoms with Crippen molar-refractivity contribution >= 4 is 17.5 Å². The maximum absolute atomic E-state index is 13.4. The summed E-state index contributed by atoms with van der Waals surface area (Å²) in [5, 5.41) is 2.69. The number of fused-ring (bicyclic) bond motifs is 3. The highest BCUT2D eigenvalue weighted by Crippen LogP contribution is 2.26. The minimum absolute atomic E-state index is 0.0154. The van der Waals surface area contributed by atoms with E-state index in [1.165, 1.54) is 24.4 Å². The fraction of sp³-hybridized carbons (Fsp3) is 0.500. The van der Waals surface area contributed by atoms with Crippen LogP contribution >= 0.6 is 0 Å². The van der Waals surface area contributed by atoms with Crippen molar-refractivity contribution in [2.24, 2.45) is 5.73 Å². The van der Waals surface area contributed by atoms with E-state index in [1.807, 2.05) is 6.92 Å². The number of nitrogens with two attached hydrogens (primary N) is 1. The smallest absolute Gasteiger partial charge is 0.267 e. The van der Waals surface area contributed by atoms with Gasteiger partial charge in [-0.2, -0.15) is 4.39 Å². The Morgan fingerprint density at radius 1 is 1.22 bits per heavy atom. The van der Waals surface area contributed by atoms with Crippen molar-refractivity contribution in [1.82, 2.24) is 9.88 Å². The van der Waals surface area contributed by atoms with Crippen LogP contribution in [0.15, 0.2) is 36.5 Å². The van der Waals surface area contributed by atoms with Crippen molar-refractivity contribution < 1.29 is 32.6 Å². The molecule has 4 fully saturated rings. The van der Waals surface area contributed by atoms with E-state index in [9.17, 15) is 18.4 Å². The van der Waals surface area contributed by atoms with E-state index in [4.69, 9.17) is 19.9 Å². The Labute approximate surface area is 214 Å². The van der Waals surface area contributed by atoms with Gasteiger partial charge in [0.15, 0.2) is 11.6 Å². The molecule has 4 aliphatic rings. The van der Waals surface area contributed by atoms with Gasteiger partial charge in [-0.15, -0.1) is 0 Å². The number of piperidine rings is 1. The van der Waals surface area contributed by atoms with Crippen LogP contribution in [0.5, 0.6) is 5.75 Å². The molecule has 3 N–H and O–H groups in total. The number of amides is 2. The van der Waals surface area contributed by atoms with Crippen molar-refractivity contribution in [3.63, 3.8) is 0 Å². The minimum atomic E-state index is -0.911. The molecule has 6 rings (SSSR count). The van der Waals surface area contributed by atoms with Gasteiger partial charge in [0.1, 0.15) is 18.4 Å². The summed E-state index contributed by atoms with van der Waals surface area (Å²) in [7, 11) is 0. The third-order valence-electron chi connectivity index (χ3n) is 6.66. The van der Waals surface area contributed by atoms with E-state index < -0.39 is 23.6 Å². The molecule has 4 unspecified atom stereocenters. The summed E-state index contributed by atoms with van der Waals surface area (Å²) in [5.41, 5.74) is 5.73. The van der Waals surface area contributed by atoms with Crippen LogP contribution in [0.3, 0.4) is 0 Å². The summed E-state index contributed by atoms with van der Waals surface area (Å²) in [6, 6.07) is 7.48. The Bertz CT molecular complexity index is 1100. The lowest BCUT2D eigenvalue weighted by Gasteiger charge is -2.44. The first-order valence-electron chi connectivity index (χ1n) is 12.4. The molecule has 0 radical (unpaired) electrons. The van der Waals surface area contributed by atoms with Gasteiger partial charge in [-0.05, 0) is 56.9 Å². The average Bonchev–Trinajstić information content (AvgIpc) is 3.34. The molecule has 4 aliphatic heterocycles. The molecule has 200 valence electrons. The predicted molar refractivity (Wildman–Crippen MR) is 131 cm³/mol. The number of aromatic nitrogens is 1. The number of nitrogens with one attached hydrogen (secondary N) is 1. The molecule has 1 aromatic carbocycles. The molecule has 9 nitrogen and oxygen atoms in total. The Morgan fingerprint density at radius 3 is 2.70 bits per heavy atom. The van der Waals surface area contributed by atoms with Crippen molar-refractivity contribution in [2.75, 3.05) is 31.6 Å². The van der Waals surface area contributed by atoms with Crippen molar-refractivity contribution in [3.05, 3.63) is 53.9 Å². The van der Waals surface area contributed by atoms with E-state index in [0.717, 1.165) is 45.0 Å². The maximum atomic E-state index is 13.4. The largest absolute Gasteiger partial charge is 0.489 e. The maximum Gasteiger partial charge on any atom is 0.267 e. The fourth-order valence-corrected chi connectivity index (χ4v) is 4.64. The third kappa shape index (κ3) is 7.21. The molecule has 11 heteroatoms. The molecular weight excluding hydrogens is 486 g/mol. The van der Waals surface area contributed by atoms with Crippen LogP contribution in [0.4, 0.5) is 14.5 Å². The van der Waals surface area contributed by atoms with Gasteiger partial charge < -0.3 is 25.3 Å². The second kappa shape index (κ2) is 12.4. The van der Waals surface area contributed by atoms with Gasteiger partial charge in [-0.1, -0.05) is 6.07 Å². The van der Waals surface area contributed by atoms with E-state index >= 15 is 0 Å². The van der Waals surface area contributed by atoms with Gasteiger partial charge in [0.05, 0.1) is 18.8 Å². The first kappa shape index (κ1) is 26.9. The summed E-state index contributed by atoms with van der Waals surface area (Å²) in [4.78, 5) is 28.9. The molecule has 0 aliphatic carbocycles. The first-order valence-corrected chi connectivity index (χ1v) is 12.4. The zero-order valence-corrected chi connectivity index (χ0v) is 20.7. The lowest BCUT2D eigenvalue weighted by molar-refractivity contribution is -0.126. The number of carbonyl (C=O) groups is 2. The molecular formula is C26H32F2N4O5. The number of ether oxygens (including phenoxy) is 3. The van der Waals surface area contributed by atoms with Crippen LogP contribution in [-0.4, -0.2) is 72.4 Å². The second-order valence-corrected chi connectivity index (χ2v) is 9.38. The number of pyridine rings is 1. The molecule has 2 amide bonds. The number of rotatable bonds is 7. The summed E-state index contributed by atoms with van der Waals surface area (Å²) in [6.45, 7) is 4.72. The van der Waals surface area contributed by atoms with Gasteiger partial charge in [0.2, 0.25) is 5.82 Å². The molecule has 0 saturated carbocycles. The van der Waals surface area contributed by atoms with Crippen molar-refractivity contribution in [1.29, 1.82) is 0 Å². The zero-order valence-electron chi connectivity index (χ0n) is 20.7. The van der Waals surface area contributed by atoms with Crippen LogP contribution in [0.2, 0.25) is 0 Å². The Kier molecular flexibility index (Phi) is 9.01. The number of anilines is 1. The van der Waals surface area contributed by atoms with Crippen molar-refractivity contribution in [2.45, 2.75) is 57.0 Å². The number of hydrogen-bond acceptors (Lipinski definition) is 7. The summed E-state index contributed by atoms with van der Waals surface area (Å²) in [6.07, 6.45) is 5.30. The van der Waals surface area contributed by atoms with Crippen molar-refractivity contribution in [3.8, 4) is 5.75 Å². The summed E-state index contributed by atoms with van der Waals surface area (Å²) < 4.78 is 42.8. The van der Waals surface area contributed by atoms with Crippen LogP contribution < -0.4 is 15.8 Å². The molecule has 1 aromatic heterocycles. The fourth-order valence-electron chi connectivity index (χ4n) is 4.64. The van der Waals surface area contributed by atoms with E-state index in [-0.39, 0.29) is 23.5 Å². The van der Waals surface area contributed by atoms with Gasteiger partial charge in [0, 0.05) is 31.0 Å². The zero-order chi connectivity index (χ0) is 26.4. The number of morpholine rings is 1. The highest BCUT2D eigenvalue weighted by Gasteiger charge is 2.34. The number of benzene rings is 1. The molecule has 37 heavy (non-hydrogen) atoms. The lowest BCUT2D eigenvalue weighted by Crippen LogP contribution is -2.55. The highest BCUT2D eigenvalue weighted by atomic mass is 19.2. The van der Waals surface area contributed by atoms with E-state index in [2.05, 4.69) is 15.2 Å². The molecule has 4 atom stereocenters. The number of carbonyl (C=O) groups excluding carboxylic acids is 2. The minimum Gasteiger partial charge on any atom is -0.489 e. The summed E-state index contributed by atoms with van der Waals surface area (Å²) >= 11 is 0. The molecule has 2 aromatic rings. The van der Waals surface area contributed by atoms with Gasteiger partial charge in [-0.3, -0.25) is 19.5 Å². The number of hydrogen-bond donors (Lipinski definition) is 2. The molecule has 4 saturated heterocycles. The van der Waals surface area contributed by atoms with Crippen LogP contribution in [0.1, 0.15) is 43.1 Å². The highest BCUT2D eigenvalue weighted by molar-refractivity contribution is 5.96. The third-order valence-corrected chi connectivity index (χ3v) is 6.66. The van der Waals surface area contributed by atoms with Gasteiger partial charge in [-0.25, -0.2) is 4.39 Å². The Balaban J connectivity index is 0.000000173. The first-order chi connectivity index (χ1) is 17.8.